The molecule has 16 heavy (non-hydrogen) atoms. The summed E-state index contributed by atoms with van der Waals surface area (Å²) in [7, 11) is 0. The third kappa shape index (κ3) is 2.43. The van der Waals surface area contributed by atoms with Crippen LogP contribution in [0.25, 0.3) is 0 Å². The summed E-state index contributed by atoms with van der Waals surface area (Å²) in [6.07, 6.45) is 6.33. The molecule has 0 aromatic rings. The molecule has 0 bridgehead atoms. The van der Waals surface area contributed by atoms with E-state index in [1.807, 2.05) is 0 Å². The molecule has 0 aromatic carbocycles. The van der Waals surface area contributed by atoms with E-state index in [-0.39, 0.29) is 0 Å². The van der Waals surface area contributed by atoms with Crippen LogP contribution in [-0.4, -0.2) is 24.4 Å². The predicted molar refractivity (Wildman–Crippen MR) is 65.5 cm³/mol. The molecule has 4 unspecified atom stereocenters. The lowest BCUT2D eigenvalue weighted by Gasteiger charge is -2.46. The zero-order valence-corrected chi connectivity index (χ0v) is 11.1. The van der Waals surface area contributed by atoms with Gasteiger partial charge in [-0.2, -0.15) is 0 Å². The van der Waals surface area contributed by atoms with Gasteiger partial charge < -0.3 is 9.47 Å². The topological polar surface area (TPSA) is 18.5 Å². The van der Waals surface area contributed by atoms with Gasteiger partial charge in [0, 0.05) is 0 Å². The minimum Gasteiger partial charge on any atom is -0.369 e. The first-order valence-corrected chi connectivity index (χ1v) is 6.90. The van der Waals surface area contributed by atoms with Crippen molar-refractivity contribution in [1.82, 2.24) is 0 Å². The van der Waals surface area contributed by atoms with Crippen molar-refractivity contribution in [2.24, 2.45) is 11.8 Å². The van der Waals surface area contributed by atoms with Crippen LogP contribution in [0.5, 0.6) is 0 Å². The van der Waals surface area contributed by atoms with Crippen LogP contribution in [0.1, 0.15) is 53.4 Å². The van der Waals surface area contributed by atoms with Gasteiger partial charge in [-0.15, -0.1) is 0 Å². The fourth-order valence-corrected chi connectivity index (χ4v) is 3.01. The van der Waals surface area contributed by atoms with Crippen molar-refractivity contribution in [3.8, 4) is 0 Å². The maximum atomic E-state index is 6.30. The molecule has 1 saturated carbocycles. The van der Waals surface area contributed by atoms with Crippen LogP contribution in [0, 0.1) is 11.8 Å². The van der Waals surface area contributed by atoms with E-state index >= 15 is 0 Å². The first-order chi connectivity index (χ1) is 7.59. The summed E-state index contributed by atoms with van der Waals surface area (Å²) < 4.78 is 12.6. The quantitative estimate of drug-likeness (QED) is 0.718. The third-order valence-corrected chi connectivity index (χ3v) is 3.94. The van der Waals surface area contributed by atoms with Crippen molar-refractivity contribution in [2.75, 3.05) is 0 Å². The minimum atomic E-state index is 0.291. The van der Waals surface area contributed by atoms with Gasteiger partial charge in [0.1, 0.15) is 0 Å². The molecule has 2 nitrogen and oxygen atoms in total. The molecule has 1 aliphatic carbocycles. The smallest absolute Gasteiger partial charge is 0.0867 e. The maximum absolute atomic E-state index is 6.30. The zero-order chi connectivity index (χ0) is 11.7. The van der Waals surface area contributed by atoms with Gasteiger partial charge in [-0.05, 0) is 24.7 Å². The van der Waals surface area contributed by atoms with Crippen LogP contribution in [0.2, 0.25) is 0 Å². The highest BCUT2D eigenvalue weighted by Crippen LogP contribution is 2.35. The summed E-state index contributed by atoms with van der Waals surface area (Å²) in [6, 6.07) is 0. The van der Waals surface area contributed by atoms with E-state index in [0.29, 0.717) is 36.3 Å². The van der Waals surface area contributed by atoms with Gasteiger partial charge in [0.05, 0.1) is 24.4 Å². The Morgan fingerprint density at radius 1 is 0.750 bits per heavy atom. The molecule has 1 heterocycles. The Labute approximate surface area is 99.7 Å². The van der Waals surface area contributed by atoms with E-state index in [9.17, 15) is 0 Å². The van der Waals surface area contributed by atoms with Gasteiger partial charge in [-0.25, -0.2) is 0 Å². The highest BCUT2D eigenvalue weighted by atomic mass is 16.6. The highest BCUT2D eigenvalue weighted by Gasteiger charge is 2.41. The van der Waals surface area contributed by atoms with E-state index in [1.165, 1.54) is 25.7 Å². The van der Waals surface area contributed by atoms with Gasteiger partial charge >= 0.3 is 0 Å². The standard InChI is InChI=1S/C14H26O2/c1-9(2)13-14(10(3)4)16-12-8-6-5-7-11(12)15-13/h9-14H,5-8H2,1-4H3. The van der Waals surface area contributed by atoms with Crippen molar-refractivity contribution in [3.63, 3.8) is 0 Å². The molecule has 2 rings (SSSR count). The number of ether oxygens (including phenoxy) is 2. The summed E-state index contributed by atoms with van der Waals surface area (Å²) >= 11 is 0. The van der Waals surface area contributed by atoms with Crippen LogP contribution in [0.4, 0.5) is 0 Å². The summed E-state index contributed by atoms with van der Waals surface area (Å²) in [5.41, 5.74) is 0. The van der Waals surface area contributed by atoms with Crippen LogP contribution >= 0.6 is 0 Å². The molecule has 2 heteroatoms. The van der Waals surface area contributed by atoms with Gasteiger partial charge in [-0.1, -0.05) is 40.5 Å². The highest BCUT2D eigenvalue weighted by molar-refractivity contribution is 4.89. The summed E-state index contributed by atoms with van der Waals surface area (Å²) in [5.74, 6) is 1.10. The second kappa shape index (κ2) is 5.05. The Morgan fingerprint density at radius 2 is 1.12 bits per heavy atom. The van der Waals surface area contributed by atoms with E-state index in [2.05, 4.69) is 27.7 Å². The van der Waals surface area contributed by atoms with Crippen LogP contribution in [0.15, 0.2) is 0 Å². The molecule has 0 amide bonds. The molecule has 2 aliphatic rings. The third-order valence-electron chi connectivity index (χ3n) is 3.94. The molecular formula is C14H26O2. The second-order valence-electron chi connectivity index (χ2n) is 6.05. The van der Waals surface area contributed by atoms with Gasteiger partial charge in [0.15, 0.2) is 0 Å². The summed E-state index contributed by atoms with van der Waals surface area (Å²) in [5, 5.41) is 0. The van der Waals surface area contributed by atoms with Gasteiger partial charge in [-0.3, -0.25) is 0 Å². The molecule has 0 aromatic heterocycles. The molecule has 2 fully saturated rings. The molecule has 1 aliphatic heterocycles. The molecule has 0 N–H and O–H groups in total. The van der Waals surface area contributed by atoms with Crippen molar-refractivity contribution in [3.05, 3.63) is 0 Å². The molecule has 0 spiro atoms. The SMILES string of the molecule is CC(C)C1OC2CCCCC2OC1C(C)C. The van der Waals surface area contributed by atoms with Crippen molar-refractivity contribution in [2.45, 2.75) is 77.8 Å². The summed E-state index contributed by atoms with van der Waals surface area (Å²) in [4.78, 5) is 0. The average molecular weight is 226 g/mol. The fourth-order valence-electron chi connectivity index (χ4n) is 3.01. The molecular weight excluding hydrogens is 200 g/mol. The van der Waals surface area contributed by atoms with E-state index < -0.39 is 0 Å². The van der Waals surface area contributed by atoms with Crippen LogP contribution in [0.3, 0.4) is 0 Å². The second-order valence-corrected chi connectivity index (χ2v) is 6.05. The van der Waals surface area contributed by atoms with E-state index in [0.717, 1.165) is 0 Å². The summed E-state index contributed by atoms with van der Waals surface area (Å²) in [6.45, 7) is 8.97. The zero-order valence-electron chi connectivity index (χ0n) is 11.1. The van der Waals surface area contributed by atoms with Gasteiger partial charge in [0.25, 0.3) is 0 Å². The Hall–Kier alpha value is -0.0800. The average Bonchev–Trinajstić information content (AvgIpc) is 2.27. The largest absolute Gasteiger partial charge is 0.369 e. The first-order valence-electron chi connectivity index (χ1n) is 6.90. The molecule has 4 atom stereocenters. The van der Waals surface area contributed by atoms with Crippen LogP contribution < -0.4 is 0 Å². The van der Waals surface area contributed by atoms with E-state index in [1.54, 1.807) is 0 Å². The molecule has 1 saturated heterocycles. The van der Waals surface area contributed by atoms with Crippen molar-refractivity contribution in [1.29, 1.82) is 0 Å². The fraction of sp³-hybridized carbons (Fsp3) is 1.00. The van der Waals surface area contributed by atoms with Gasteiger partial charge in [0.2, 0.25) is 0 Å². The first kappa shape index (κ1) is 12.4. The lowest BCUT2D eigenvalue weighted by Crippen LogP contribution is -2.54. The number of rotatable bonds is 2. The minimum absolute atomic E-state index is 0.291. The number of fused-ring (bicyclic) bond motifs is 1. The Bertz CT molecular complexity index is 201. The molecule has 94 valence electrons. The predicted octanol–water partition coefficient (Wildman–Crippen LogP) is 3.39. The Balaban J connectivity index is 2.07. The lowest BCUT2D eigenvalue weighted by molar-refractivity contribution is -0.250. The molecule has 0 radical (unpaired) electrons. The number of hydrogen-bond acceptors (Lipinski definition) is 2. The van der Waals surface area contributed by atoms with Crippen LogP contribution in [-0.2, 0) is 9.47 Å². The Kier molecular flexibility index (Phi) is 3.91. The van der Waals surface area contributed by atoms with E-state index in [4.69, 9.17) is 9.47 Å². The van der Waals surface area contributed by atoms with Crippen molar-refractivity contribution < 1.29 is 9.47 Å². The van der Waals surface area contributed by atoms with Crippen molar-refractivity contribution >= 4 is 0 Å². The Morgan fingerprint density at radius 3 is 1.44 bits per heavy atom. The number of hydrogen-bond donors (Lipinski definition) is 0. The normalized spacial score (nSPS) is 40.1. The lowest BCUT2D eigenvalue weighted by atomic mass is 9.87. The monoisotopic (exact) mass is 226 g/mol. The maximum Gasteiger partial charge on any atom is 0.0867 e.